The smallest absolute Gasteiger partial charge is 0.407 e. The largest absolute Gasteiger partial charge is 0.468 e. The van der Waals surface area contributed by atoms with Crippen LogP contribution in [0.5, 0.6) is 0 Å². The molecule has 1 atom stereocenters. The number of hydrogen-bond donors (Lipinski definition) is 2. The number of alkyl carbamates (subject to hydrolysis) is 2. The van der Waals surface area contributed by atoms with Crippen molar-refractivity contribution in [1.29, 1.82) is 0 Å². The number of benzene rings is 1. The number of rotatable bonds is 17. The van der Waals surface area contributed by atoms with Crippen molar-refractivity contribution in [3.63, 3.8) is 0 Å². The summed E-state index contributed by atoms with van der Waals surface area (Å²) < 4.78 is 44.0. The summed E-state index contributed by atoms with van der Waals surface area (Å²) in [6.45, 7) is 11.0. The molecule has 1 unspecified atom stereocenters. The molecule has 14 nitrogen and oxygen atoms in total. The fourth-order valence-corrected chi connectivity index (χ4v) is 5.94. The van der Waals surface area contributed by atoms with Crippen molar-refractivity contribution >= 4 is 33.9 Å². The van der Waals surface area contributed by atoms with Gasteiger partial charge in [0.1, 0.15) is 17.2 Å². The zero-order valence-corrected chi connectivity index (χ0v) is 27.7. The van der Waals surface area contributed by atoms with Gasteiger partial charge in [0.25, 0.3) is 15.7 Å². The van der Waals surface area contributed by atoms with Crippen LogP contribution < -0.4 is 10.6 Å². The molecule has 0 saturated heterocycles. The number of carbonyl (C=O) groups excluding carboxylic acids is 3. The van der Waals surface area contributed by atoms with E-state index in [1.165, 1.54) is 12.1 Å². The van der Waals surface area contributed by atoms with Crippen LogP contribution in [-0.2, 0) is 29.0 Å². The molecule has 0 aliphatic carbocycles. The Morgan fingerprint density at radius 2 is 1.36 bits per heavy atom. The summed E-state index contributed by atoms with van der Waals surface area (Å²) in [7, 11) is -3.36. The zero-order valence-electron chi connectivity index (χ0n) is 26.8. The van der Waals surface area contributed by atoms with Gasteiger partial charge >= 0.3 is 18.2 Å². The van der Waals surface area contributed by atoms with Gasteiger partial charge in [0.2, 0.25) is 0 Å². The first-order valence-corrected chi connectivity index (χ1v) is 16.1. The summed E-state index contributed by atoms with van der Waals surface area (Å²) in [6.07, 6.45) is 1.86. The van der Waals surface area contributed by atoms with Crippen molar-refractivity contribution in [1.82, 2.24) is 14.9 Å². The molecule has 0 bridgehead atoms. The van der Waals surface area contributed by atoms with E-state index in [1.807, 2.05) is 0 Å². The van der Waals surface area contributed by atoms with E-state index in [1.54, 1.807) is 41.5 Å². The lowest BCUT2D eigenvalue weighted by Crippen LogP contribution is -2.46. The van der Waals surface area contributed by atoms with Gasteiger partial charge < -0.3 is 24.8 Å². The third-order valence-corrected chi connectivity index (χ3v) is 7.97. The van der Waals surface area contributed by atoms with Gasteiger partial charge in [0, 0.05) is 25.7 Å². The molecule has 0 fully saturated rings. The van der Waals surface area contributed by atoms with Gasteiger partial charge in [-0.25, -0.2) is 18.0 Å². The second-order valence-corrected chi connectivity index (χ2v) is 14.0. The van der Waals surface area contributed by atoms with Gasteiger partial charge in [-0.1, -0.05) is 25.0 Å². The average Bonchev–Trinajstić information content (AvgIpc) is 2.90. The number of sulfonamides is 1. The molecule has 0 aromatic heterocycles. The molecular formula is C29H48N4O10S. The summed E-state index contributed by atoms with van der Waals surface area (Å²) in [6, 6.07) is 3.73. The van der Waals surface area contributed by atoms with E-state index in [0.29, 0.717) is 45.1 Å². The number of unbranched alkanes of at least 4 members (excludes halogenated alkanes) is 4. The molecular weight excluding hydrogens is 596 g/mol. The molecule has 0 radical (unpaired) electrons. The van der Waals surface area contributed by atoms with Crippen LogP contribution in [0.3, 0.4) is 0 Å². The van der Waals surface area contributed by atoms with Crippen LogP contribution in [0.2, 0.25) is 0 Å². The Morgan fingerprint density at radius 3 is 1.86 bits per heavy atom. The fraction of sp³-hybridized carbons (Fsp3) is 0.690. The molecule has 0 saturated carbocycles. The standard InChI is InChI=1S/C29H48N4O10S/c1-28(2,3)42-26(35)30-19-13-8-9-15-21-32(44(39,40)24-18-11-10-16-22(24)33(37)38)23(25(34)41-7)17-12-14-20-31-27(36)43-29(4,5)6/h10-11,16,18,23H,8-9,12-15,17,19-21H2,1-7H3,(H,30,35)(H,31,36). The van der Waals surface area contributed by atoms with Crippen LogP contribution >= 0.6 is 0 Å². The highest BCUT2D eigenvalue weighted by molar-refractivity contribution is 7.89. The topological polar surface area (TPSA) is 183 Å². The number of nitrogens with one attached hydrogen (secondary N) is 2. The number of methoxy groups -OCH3 is 1. The molecule has 44 heavy (non-hydrogen) atoms. The summed E-state index contributed by atoms with van der Waals surface area (Å²) in [5.41, 5.74) is -1.88. The number of nitro benzene ring substituents is 1. The minimum atomic E-state index is -4.51. The van der Waals surface area contributed by atoms with Crippen LogP contribution in [0.1, 0.15) is 86.5 Å². The van der Waals surface area contributed by atoms with Crippen molar-refractivity contribution in [2.45, 2.75) is 109 Å². The highest BCUT2D eigenvalue weighted by atomic mass is 32.2. The number of hydrogen-bond acceptors (Lipinski definition) is 10. The van der Waals surface area contributed by atoms with Crippen LogP contribution in [0.25, 0.3) is 0 Å². The average molecular weight is 645 g/mol. The second-order valence-electron chi connectivity index (χ2n) is 12.1. The molecule has 250 valence electrons. The number of esters is 1. The van der Waals surface area contributed by atoms with Gasteiger partial charge in [0.05, 0.1) is 12.0 Å². The van der Waals surface area contributed by atoms with Crippen molar-refractivity contribution in [3.05, 3.63) is 34.4 Å². The van der Waals surface area contributed by atoms with Crippen molar-refractivity contribution in [2.24, 2.45) is 0 Å². The van der Waals surface area contributed by atoms with E-state index in [9.17, 15) is 32.9 Å². The first kappa shape index (κ1) is 38.6. The molecule has 15 heteroatoms. The van der Waals surface area contributed by atoms with Gasteiger partial charge in [0.15, 0.2) is 4.90 Å². The number of nitro groups is 1. The molecule has 0 spiro atoms. The quantitative estimate of drug-likeness (QED) is 0.0777. The summed E-state index contributed by atoms with van der Waals surface area (Å²) in [5.74, 6) is -0.797. The maximum absolute atomic E-state index is 13.9. The molecule has 1 aromatic rings. The molecule has 0 heterocycles. The zero-order chi connectivity index (χ0) is 33.6. The Kier molecular flexibility index (Phi) is 15.5. The molecule has 2 amide bonds. The summed E-state index contributed by atoms with van der Waals surface area (Å²) in [4.78, 5) is 47.0. The number of para-hydroxylation sites is 1. The predicted octanol–water partition coefficient (Wildman–Crippen LogP) is 4.91. The minimum Gasteiger partial charge on any atom is -0.468 e. The Balaban J connectivity index is 3.00. The van der Waals surface area contributed by atoms with E-state index in [0.717, 1.165) is 23.5 Å². The van der Waals surface area contributed by atoms with Crippen molar-refractivity contribution in [2.75, 3.05) is 26.7 Å². The Labute approximate surface area is 260 Å². The lowest BCUT2D eigenvalue weighted by atomic mass is 10.1. The van der Waals surface area contributed by atoms with Crippen LogP contribution in [0, 0.1) is 10.1 Å². The maximum atomic E-state index is 13.9. The van der Waals surface area contributed by atoms with Crippen molar-refractivity contribution < 1.29 is 41.9 Å². The number of amides is 2. The third kappa shape index (κ3) is 14.3. The van der Waals surface area contributed by atoms with Gasteiger partial charge in [-0.2, -0.15) is 4.31 Å². The first-order valence-electron chi connectivity index (χ1n) is 14.7. The van der Waals surface area contributed by atoms with Gasteiger partial charge in [-0.05, 0) is 79.7 Å². The van der Waals surface area contributed by atoms with E-state index < -0.39 is 60.9 Å². The van der Waals surface area contributed by atoms with Crippen LogP contribution in [0.4, 0.5) is 15.3 Å². The molecule has 0 aliphatic rings. The van der Waals surface area contributed by atoms with Crippen molar-refractivity contribution in [3.8, 4) is 0 Å². The molecule has 1 aromatic carbocycles. The SMILES string of the molecule is COC(=O)C(CCCCNC(=O)OC(C)(C)C)N(CCCCCCNC(=O)OC(C)(C)C)S(=O)(=O)c1ccccc1[N+](=O)[O-]. The second kappa shape index (κ2) is 17.7. The van der Waals surface area contributed by atoms with Gasteiger partial charge in [-0.3, -0.25) is 14.9 Å². The maximum Gasteiger partial charge on any atom is 0.407 e. The Morgan fingerprint density at radius 1 is 0.864 bits per heavy atom. The minimum absolute atomic E-state index is 0.0579. The highest BCUT2D eigenvalue weighted by Crippen LogP contribution is 2.29. The van der Waals surface area contributed by atoms with E-state index in [-0.39, 0.29) is 19.5 Å². The van der Waals surface area contributed by atoms with Crippen LogP contribution in [-0.4, -0.2) is 79.8 Å². The van der Waals surface area contributed by atoms with E-state index in [2.05, 4.69) is 10.6 Å². The molecule has 0 aliphatic heterocycles. The lowest BCUT2D eigenvalue weighted by Gasteiger charge is -2.29. The normalized spacial score (nSPS) is 12.7. The molecule has 2 N–H and O–H groups in total. The Hall–Kier alpha value is -3.46. The van der Waals surface area contributed by atoms with Gasteiger partial charge in [-0.15, -0.1) is 0 Å². The molecule has 1 rings (SSSR count). The number of nitrogens with zero attached hydrogens (tertiary/aromatic N) is 2. The Bertz CT molecular complexity index is 1210. The lowest BCUT2D eigenvalue weighted by molar-refractivity contribution is -0.387. The monoisotopic (exact) mass is 644 g/mol. The number of ether oxygens (including phenoxy) is 3. The summed E-state index contributed by atoms with van der Waals surface area (Å²) >= 11 is 0. The fourth-order valence-electron chi connectivity index (χ4n) is 4.13. The summed E-state index contributed by atoms with van der Waals surface area (Å²) in [5, 5.41) is 17.0. The third-order valence-electron chi connectivity index (χ3n) is 6.02. The number of carbonyl (C=O) groups is 3. The predicted molar refractivity (Wildman–Crippen MR) is 164 cm³/mol. The van der Waals surface area contributed by atoms with E-state index >= 15 is 0 Å². The van der Waals surface area contributed by atoms with Crippen LogP contribution in [0.15, 0.2) is 29.2 Å². The first-order chi connectivity index (χ1) is 20.4. The van der Waals surface area contributed by atoms with E-state index in [4.69, 9.17) is 14.2 Å². The highest BCUT2D eigenvalue weighted by Gasteiger charge is 2.39.